The van der Waals surface area contributed by atoms with Crippen LogP contribution >= 0.6 is 11.8 Å². The van der Waals surface area contributed by atoms with Gasteiger partial charge in [0.1, 0.15) is 6.54 Å². The number of carbonyl (C=O) groups excluding carboxylic acids is 1. The summed E-state index contributed by atoms with van der Waals surface area (Å²) in [4.78, 5) is 17.7. The largest absolute Gasteiger partial charge is 0.356 e. The van der Waals surface area contributed by atoms with Crippen LogP contribution in [0.25, 0.3) is 0 Å². The molecule has 0 atom stereocenters. The van der Waals surface area contributed by atoms with Crippen molar-refractivity contribution in [2.24, 2.45) is 10.4 Å². The van der Waals surface area contributed by atoms with E-state index in [1.807, 2.05) is 0 Å². The molecule has 0 spiro atoms. The molecular formula is C16H32N4OS. The van der Waals surface area contributed by atoms with E-state index >= 15 is 0 Å². The van der Waals surface area contributed by atoms with E-state index in [-0.39, 0.29) is 12.5 Å². The third kappa shape index (κ3) is 6.46. The summed E-state index contributed by atoms with van der Waals surface area (Å²) >= 11 is 1.80. The van der Waals surface area contributed by atoms with Gasteiger partial charge in [-0.1, -0.05) is 19.8 Å². The Balaban J connectivity index is 2.56. The van der Waals surface area contributed by atoms with Crippen LogP contribution in [0.5, 0.6) is 0 Å². The number of rotatable bonds is 8. The fourth-order valence-electron chi connectivity index (χ4n) is 2.79. The molecule has 0 aliphatic heterocycles. The molecule has 0 saturated heterocycles. The van der Waals surface area contributed by atoms with Gasteiger partial charge in [-0.25, -0.2) is 4.99 Å². The first-order valence-electron chi connectivity index (χ1n) is 8.24. The minimum Gasteiger partial charge on any atom is -0.356 e. The Morgan fingerprint density at radius 2 is 1.95 bits per heavy atom. The van der Waals surface area contributed by atoms with Crippen molar-refractivity contribution in [2.45, 2.75) is 39.0 Å². The topological polar surface area (TPSA) is 56.7 Å². The van der Waals surface area contributed by atoms with E-state index in [1.165, 1.54) is 32.1 Å². The van der Waals surface area contributed by atoms with Gasteiger partial charge < -0.3 is 15.5 Å². The van der Waals surface area contributed by atoms with E-state index in [0.717, 1.165) is 24.8 Å². The van der Waals surface area contributed by atoms with Gasteiger partial charge in [-0.05, 0) is 30.9 Å². The number of hydrogen-bond acceptors (Lipinski definition) is 3. The van der Waals surface area contributed by atoms with Crippen molar-refractivity contribution in [1.82, 2.24) is 15.5 Å². The lowest BCUT2D eigenvalue weighted by Gasteiger charge is -2.28. The molecule has 1 aliphatic carbocycles. The Bertz CT molecular complexity index is 365. The summed E-state index contributed by atoms with van der Waals surface area (Å²) in [5, 5.41) is 6.79. The lowest BCUT2D eigenvalue weighted by Crippen LogP contribution is -2.44. The Labute approximate surface area is 139 Å². The normalized spacial score (nSPS) is 17.4. The summed E-state index contributed by atoms with van der Waals surface area (Å²) in [5.41, 5.74) is 0.410. The van der Waals surface area contributed by atoms with Crippen LogP contribution in [0.4, 0.5) is 0 Å². The van der Waals surface area contributed by atoms with Gasteiger partial charge in [-0.3, -0.25) is 4.79 Å². The second-order valence-corrected chi connectivity index (χ2v) is 7.27. The highest BCUT2D eigenvalue weighted by Crippen LogP contribution is 2.40. The summed E-state index contributed by atoms with van der Waals surface area (Å²) in [6.07, 6.45) is 8.55. The number of guanidine groups is 1. The van der Waals surface area contributed by atoms with Crippen LogP contribution in [0.2, 0.25) is 0 Å². The van der Waals surface area contributed by atoms with Gasteiger partial charge in [0.2, 0.25) is 5.91 Å². The molecule has 128 valence electrons. The van der Waals surface area contributed by atoms with Crippen molar-refractivity contribution < 1.29 is 4.79 Å². The van der Waals surface area contributed by atoms with Gasteiger partial charge >= 0.3 is 0 Å². The minimum atomic E-state index is 0.0250. The first-order valence-corrected chi connectivity index (χ1v) is 9.63. The third-order valence-electron chi connectivity index (χ3n) is 4.51. The third-order valence-corrected chi connectivity index (χ3v) is 5.13. The lowest BCUT2D eigenvalue weighted by molar-refractivity contribution is -0.127. The standard InChI is InChI=1S/C16H32N4OS/c1-5-16(8-6-7-9-16)13-19-15(17-10-11-22-4)18-12-14(21)20(2)3/h5-13H2,1-4H3,(H2,17,18,19). The highest BCUT2D eigenvalue weighted by atomic mass is 32.2. The molecule has 0 radical (unpaired) electrons. The summed E-state index contributed by atoms with van der Waals surface area (Å²) in [7, 11) is 3.52. The number of amides is 1. The van der Waals surface area contributed by atoms with Gasteiger partial charge in [0.25, 0.3) is 0 Å². The highest BCUT2D eigenvalue weighted by molar-refractivity contribution is 7.98. The smallest absolute Gasteiger partial charge is 0.243 e. The molecule has 6 heteroatoms. The monoisotopic (exact) mass is 328 g/mol. The van der Waals surface area contributed by atoms with Crippen molar-refractivity contribution in [3.63, 3.8) is 0 Å². The molecule has 0 aromatic heterocycles. The van der Waals surface area contributed by atoms with Crippen molar-refractivity contribution in [2.75, 3.05) is 45.7 Å². The molecule has 0 unspecified atom stereocenters. The van der Waals surface area contributed by atoms with E-state index in [9.17, 15) is 4.79 Å². The molecular weight excluding hydrogens is 296 g/mol. The molecule has 2 N–H and O–H groups in total. The molecule has 22 heavy (non-hydrogen) atoms. The van der Waals surface area contributed by atoms with Crippen LogP contribution < -0.4 is 10.6 Å². The predicted octanol–water partition coefficient (Wildman–Crippen LogP) is 1.94. The molecule has 5 nitrogen and oxygen atoms in total. The number of nitrogens with zero attached hydrogens (tertiary/aromatic N) is 2. The van der Waals surface area contributed by atoms with Crippen LogP contribution in [0.15, 0.2) is 4.99 Å². The first kappa shape index (κ1) is 19.1. The number of likely N-dealkylation sites (N-methyl/N-ethyl adjacent to an activating group) is 1. The van der Waals surface area contributed by atoms with Crippen LogP contribution in [0.3, 0.4) is 0 Å². The van der Waals surface area contributed by atoms with Crippen molar-refractivity contribution in [3.05, 3.63) is 0 Å². The molecule has 0 aromatic rings. The molecule has 1 amide bonds. The fourth-order valence-corrected chi connectivity index (χ4v) is 3.09. The lowest BCUT2D eigenvalue weighted by atomic mass is 9.83. The predicted molar refractivity (Wildman–Crippen MR) is 96.6 cm³/mol. The van der Waals surface area contributed by atoms with Crippen LogP contribution in [0.1, 0.15) is 39.0 Å². The Kier molecular flexibility index (Phi) is 8.68. The van der Waals surface area contributed by atoms with E-state index in [4.69, 9.17) is 0 Å². The summed E-state index contributed by atoms with van der Waals surface area (Å²) in [5.74, 6) is 1.82. The van der Waals surface area contributed by atoms with Crippen molar-refractivity contribution in [3.8, 4) is 0 Å². The molecule has 1 saturated carbocycles. The maximum absolute atomic E-state index is 11.7. The van der Waals surface area contributed by atoms with Gasteiger partial charge in [0.15, 0.2) is 5.96 Å². The molecule has 1 fully saturated rings. The minimum absolute atomic E-state index is 0.0250. The average Bonchev–Trinajstić information content (AvgIpc) is 2.98. The zero-order valence-electron chi connectivity index (χ0n) is 14.6. The highest BCUT2D eigenvalue weighted by Gasteiger charge is 2.31. The fraction of sp³-hybridized carbons (Fsp3) is 0.875. The van der Waals surface area contributed by atoms with E-state index < -0.39 is 0 Å². The number of carbonyl (C=O) groups is 1. The Morgan fingerprint density at radius 3 is 2.50 bits per heavy atom. The molecule has 1 rings (SSSR count). The van der Waals surface area contributed by atoms with Gasteiger partial charge in [-0.2, -0.15) is 11.8 Å². The van der Waals surface area contributed by atoms with E-state index in [0.29, 0.717) is 5.41 Å². The molecule has 0 heterocycles. The number of thioether (sulfide) groups is 1. The Morgan fingerprint density at radius 1 is 1.27 bits per heavy atom. The Hall–Kier alpha value is -0.910. The van der Waals surface area contributed by atoms with E-state index in [1.54, 1.807) is 30.8 Å². The van der Waals surface area contributed by atoms with Gasteiger partial charge in [0, 0.05) is 32.9 Å². The van der Waals surface area contributed by atoms with Crippen LogP contribution in [-0.4, -0.2) is 62.5 Å². The average molecular weight is 329 g/mol. The maximum Gasteiger partial charge on any atom is 0.243 e. The van der Waals surface area contributed by atoms with Gasteiger partial charge in [0.05, 0.1) is 0 Å². The zero-order chi connectivity index (χ0) is 16.4. The molecule has 1 aliphatic rings. The number of aliphatic imine (C=N–C) groups is 1. The zero-order valence-corrected chi connectivity index (χ0v) is 15.4. The maximum atomic E-state index is 11.7. The van der Waals surface area contributed by atoms with Crippen LogP contribution in [-0.2, 0) is 4.79 Å². The quantitative estimate of drug-likeness (QED) is 0.406. The van der Waals surface area contributed by atoms with Gasteiger partial charge in [-0.15, -0.1) is 0 Å². The summed E-state index contributed by atoms with van der Waals surface area (Å²) in [6.45, 7) is 4.29. The molecule has 0 bridgehead atoms. The molecule has 0 aromatic carbocycles. The van der Waals surface area contributed by atoms with Crippen LogP contribution in [0, 0.1) is 5.41 Å². The number of nitrogens with one attached hydrogen (secondary N) is 2. The van der Waals surface area contributed by atoms with Crippen molar-refractivity contribution >= 4 is 23.6 Å². The first-order chi connectivity index (χ1) is 10.5. The summed E-state index contributed by atoms with van der Waals surface area (Å²) in [6, 6.07) is 0. The second kappa shape index (κ2) is 9.98. The van der Waals surface area contributed by atoms with E-state index in [2.05, 4.69) is 28.8 Å². The van der Waals surface area contributed by atoms with Crippen molar-refractivity contribution in [1.29, 1.82) is 0 Å². The number of hydrogen-bond donors (Lipinski definition) is 2. The SMILES string of the molecule is CCC1(CNC(=NCC(=O)N(C)C)NCCSC)CCCC1. The second-order valence-electron chi connectivity index (χ2n) is 6.29. The summed E-state index contributed by atoms with van der Waals surface area (Å²) < 4.78 is 0.